The van der Waals surface area contributed by atoms with E-state index in [0.29, 0.717) is 5.92 Å². The number of nitrogens with one attached hydrogen (secondary N) is 1. The predicted octanol–water partition coefficient (Wildman–Crippen LogP) is 4.45. The van der Waals surface area contributed by atoms with Gasteiger partial charge in [-0.15, -0.1) is 11.3 Å². The van der Waals surface area contributed by atoms with Crippen LogP contribution in [-0.4, -0.2) is 22.2 Å². The number of rotatable bonds is 3. The van der Waals surface area contributed by atoms with Gasteiger partial charge in [-0.25, -0.2) is 9.78 Å². The maximum absolute atomic E-state index is 10.7. The summed E-state index contributed by atoms with van der Waals surface area (Å²) < 4.78 is 0.974. The number of carbonyl (C=O) groups is 1. The number of benzene rings is 1. The Morgan fingerprint density at radius 2 is 2.09 bits per heavy atom. The normalized spacial score (nSPS) is 21.1. The Morgan fingerprint density at radius 3 is 2.74 bits per heavy atom. The second kappa shape index (κ2) is 6.88. The van der Waals surface area contributed by atoms with Gasteiger partial charge in [0.25, 0.3) is 0 Å². The smallest absolute Gasteiger partial charge is 0.404 e. The summed E-state index contributed by atoms with van der Waals surface area (Å²) in [6.07, 6.45) is 4.67. The van der Waals surface area contributed by atoms with Crippen LogP contribution in [0.25, 0.3) is 10.4 Å². The molecule has 23 heavy (non-hydrogen) atoms. The number of nitrogen functional groups attached to an aromatic ring is 1. The second-order valence-corrected chi connectivity index (χ2v) is 7.72. The van der Waals surface area contributed by atoms with Crippen molar-refractivity contribution in [2.45, 2.75) is 37.6 Å². The largest absolute Gasteiger partial charge is 0.465 e. The Morgan fingerprint density at radius 1 is 1.35 bits per heavy atom. The molecule has 1 amide bonds. The minimum atomic E-state index is -0.932. The van der Waals surface area contributed by atoms with E-state index < -0.39 is 6.09 Å². The van der Waals surface area contributed by atoms with Gasteiger partial charge in [-0.3, -0.25) is 0 Å². The standard InChI is InChI=1S/C16H18BrN3O2S/c17-13-7-10(18)3-6-12(13)14-8-19-15(23-14)9-1-4-11(5-2-9)20-16(21)22/h3,6-9,11,20H,1-2,4-5,18H2,(H,21,22). The van der Waals surface area contributed by atoms with E-state index in [1.54, 1.807) is 11.3 Å². The van der Waals surface area contributed by atoms with Gasteiger partial charge in [0.2, 0.25) is 0 Å². The molecule has 2 aromatic rings. The Hall–Kier alpha value is -1.60. The van der Waals surface area contributed by atoms with Crippen LogP contribution in [0.15, 0.2) is 28.9 Å². The molecule has 7 heteroatoms. The number of nitrogens with zero attached hydrogens (tertiary/aromatic N) is 1. The average molecular weight is 396 g/mol. The van der Waals surface area contributed by atoms with Crippen LogP contribution in [0.4, 0.5) is 10.5 Å². The molecule has 122 valence electrons. The highest BCUT2D eigenvalue weighted by Crippen LogP contribution is 2.39. The molecule has 1 heterocycles. The zero-order valence-electron chi connectivity index (χ0n) is 12.5. The maximum atomic E-state index is 10.7. The Balaban J connectivity index is 1.69. The highest BCUT2D eigenvalue weighted by Gasteiger charge is 2.25. The van der Waals surface area contributed by atoms with Crippen molar-refractivity contribution in [3.05, 3.63) is 33.9 Å². The van der Waals surface area contributed by atoms with Crippen molar-refractivity contribution in [2.24, 2.45) is 0 Å². The monoisotopic (exact) mass is 395 g/mol. The molecule has 1 aliphatic rings. The lowest BCUT2D eigenvalue weighted by Gasteiger charge is -2.26. The van der Waals surface area contributed by atoms with Crippen LogP contribution < -0.4 is 11.1 Å². The molecule has 0 bridgehead atoms. The first-order valence-electron chi connectivity index (χ1n) is 7.53. The van der Waals surface area contributed by atoms with Gasteiger partial charge in [0.1, 0.15) is 0 Å². The maximum Gasteiger partial charge on any atom is 0.404 e. The van der Waals surface area contributed by atoms with E-state index in [4.69, 9.17) is 10.8 Å². The van der Waals surface area contributed by atoms with Gasteiger partial charge in [0.05, 0.1) is 9.88 Å². The Kier molecular flexibility index (Phi) is 4.87. The summed E-state index contributed by atoms with van der Waals surface area (Å²) in [6, 6.07) is 5.87. The Labute approximate surface area is 147 Å². The van der Waals surface area contributed by atoms with Crippen molar-refractivity contribution in [1.82, 2.24) is 10.3 Å². The lowest BCUT2D eigenvalue weighted by atomic mass is 9.86. The highest BCUT2D eigenvalue weighted by molar-refractivity contribution is 9.10. The molecule has 0 spiro atoms. The summed E-state index contributed by atoms with van der Waals surface area (Å²) in [5.41, 5.74) is 7.62. The first kappa shape index (κ1) is 16.3. The summed E-state index contributed by atoms with van der Waals surface area (Å²) >= 11 is 5.26. The van der Waals surface area contributed by atoms with Gasteiger partial charge in [0, 0.05) is 33.9 Å². The van der Waals surface area contributed by atoms with Gasteiger partial charge in [-0.1, -0.05) is 22.0 Å². The number of amides is 1. The molecule has 0 radical (unpaired) electrons. The molecular weight excluding hydrogens is 378 g/mol. The van der Waals surface area contributed by atoms with Crippen LogP contribution in [-0.2, 0) is 0 Å². The molecule has 4 N–H and O–H groups in total. The zero-order chi connectivity index (χ0) is 16.4. The number of halogens is 1. The van der Waals surface area contributed by atoms with Crippen molar-refractivity contribution in [2.75, 3.05) is 5.73 Å². The van der Waals surface area contributed by atoms with Crippen LogP contribution in [0.3, 0.4) is 0 Å². The van der Waals surface area contributed by atoms with E-state index in [2.05, 4.69) is 26.2 Å². The summed E-state index contributed by atoms with van der Waals surface area (Å²) in [7, 11) is 0. The summed E-state index contributed by atoms with van der Waals surface area (Å²) in [5, 5.41) is 12.5. The molecule has 3 rings (SSSR count). The van der Waals surface area contributed by atoms with Crippen molar-refractivity contribution < 1.29 is 9.90 Å². The predicted molar refractivity (Wildman–Crippen MR) is 95.8 cm³/mol. The number of hydrogen-bond acceptors (Lipinski definition) is 4. The highest BCUT2D eigenvalue weighted by atomic mass is 79.9. The van der Waals surface area contributed by atoms with Gasteiger partial charge in [-0.2, -0.15) is 0 Å². The van der Waals surface area contributed by atoms with Crippen LogP contribution in [0.1, 0.15) is 36.6 Å². The third kappa shape index (κ3) is 3.84. The van der Waals surface area contributed by atoms with Gasteiger partial charge in [0.15, 0.2) is 0 Å². The first-order valence-corrected chi connectivity index (χ1v) is 9.14. The molecular formula is C16H18BrN3O2S. The molecule has 0 saturated heterocycles. The first-order chi connectivity index (χ1) is 11.0. The Bertz CT molecular complexity index is 711. The molecule has 1 aromatic heterocycles. The lowest BCUT2D eigenvalue weighted by Crippen LogP contribution is -2.36. The van der Waals surface area contributed by atoms with Crippen molar-refractivity contribution in [3.63, 3.8) is 0 Å². The molecule has 1 aliphatic carbocycles. The number of thiazole rings is 1. The lowest BCUT2D eigenvalue weighted by molar-refractivity contribution is 0.185. The van der Waals surface area contributed by atoms with Crippen molar-refractivity contribution >= 4 is 39.0 Å². The topological polar surface area (TPSA) is 88.2 Å². The number of anilines is 1. The van der Waals surface area contributed by atoms with Crippen molar-refractivity contribution in [1.29, 1.82) is 0 Å². The average Bonchev–Trinajstić information content (AvgIpc) is 2.97. The fraction of sp³-hybridized carbons (Fsp3) is 0.375. The van der Waals surface area contributed by atoms with E-state index >= 15 is 0 Å². The van der Waals surface area contributed by atoms with Crippen LogP contribution in [0.2, 0.25) is 0 Å². The number of carboxylic acid groups (broad SMARTS) is 1. The molecule has 1 fully saturated rings. The molecule has 1 saturated carbocycles. The van der Waals surface area contributed by atoms with Crippen LogP contribution in [0.5, 0.6) is 0 Å². The number of aromatic nitrogens is 1. The van der Waals surface area contributed by atoms with Crippen LogP contribution >= 0.6 is 27.3 Å². The van der Waals surface area contributed by atoms with E-state index in [1.165, 1.54) is 0 Å². The molecule has 5 nitrogen and oxygen atoms in total. The third-order valence-corrected chi connectivity index (χ3v) is 6.04. The van der Waals surface area contributed by atoms with E-state index in [-0.39, 0.29) is 6.04 Å². The van der Waals surface area contributed by atoms with E-state index in [1.807, 2.05) is 24.4 Å². The number of hydrogen-bond donors (Lipinski definition) is 3. The third-order valence-electron chi connectivity index (χ3n) is 4.19. The molecule has 1 aromatic carbocycles. The molecule has 0 unspecified atom stereocenters. The minimum absolute atomic E-state index is 0.0782. The quantitative estimate of drug-likeness (QED) is 0.669. The van der Waals surface area contributed by atoms with Crippen LogP contribution in [0, 0.1) is 0 Å². The minimum Gasteiger partial charge on any atom is -0.465 e. The summed E-state index contributed by atoms with van der Waals surface area (Å²) in [5.74, 6) is 0.424. The van der Waals surface area contributed by atoms with Crippen molar-refractivity contribution in [3.8, 4) is 10.4 Å². The zero-order valence-corrected chi connectivity index (χ0v) is 14.9. The van der Waals surface area contributed by atoms with Gasteiger partial charge >= 0.3 is 6.09 Å². The molecule has 0 atom stereocenters. The summed E-state index contributed by atoms with van der Waals surface area (Å²) in [6.45, 7) is 0. The van der Waals surface area contributed by atoms with Gasteiger partial charge in [-0.05, 0) is 37.8 Å². The number of nitrogens with two attached hydrogens (primary N) is 1. The van der Waals surface area contributed by atoms with E-state index in [0.717, 1.165) is 51.3 Å². The van der Waals surface area contributed by atoms with E-state index in [9.17, 15) is 4.79 Å². The van der Waals surface area contributed by atoms with Gasteiger partial charge < -0.3 is 16.2 Å². The fourth-order valence-corrected chi connectivity index (χ4v) is 4.86. The molecule has 0 aliphatic heterocycles. The summed E-state index contributed by atoms with van der Waals surface area (Å²) in [4.78, 5) is 16.4. The second-order valence-electron chi connectivity index (χ2n) is 5.80. The SMILES string of the molecule is Nc1ccc(-c2cnc(C3CCC(NC(=O)O)CC3)s2)c(Br)c1. The fourth-order valence-electron chi connectivity index (χ4n) is 2.99.